The van der Waals surface area contributed by atoms with Gasteiger partial charge in [0.25, 0.3) is 5.89 Å². The normalized spacial score (nSPS) is 11.2. The zero-order valence-corrected chi connectivity index (χ0v) is 13.9. The second kappa shape index (κ2) is 7.44. The van der Waals surface area contributed by atoms with E-state index in [-0.39, 0.29) is 30.4 Å². The lowest BCUT2D eigenvalue weighted by molar-refractivity contribution is 0.242. The van der Waals surface area contributed by atoms with Gasteiger partial charge in [-0.15, -0.1) is 0 Å². The van der Waals surface area contributed by atoms with Gasteiger partial charge in [0, 0.05) is 12.2 Å². The topological polar surface area (TPSA) is 106 Å². The van der Waals surface area contributed by atoms with Crippen LogP contribution in [0.4, 0.5) is 0 Å². The van der Waals surface area contributed by atoms with Crippen molar-refractivity contribution < 1.29 is 17.7 Å². The van der Waals surface area contributed by atoms with Crippen molar-refractivity contribution in [3.05, 3.63) is 40.5 Å². The molecule has 0 saturated heterocycles. The maximum atomic E-state index is 11.4. The van der Waals surface area contributed by atoms with Gasteiger partial charge in [-0.25, -0.2) is 8.42 Å². The molecule has 122 valence electrons. The largest absolute Gasteiger partial charge is 0.482 e. The Kier molecular flexibility index (Phi) is 5.58. The molecule has 0 N–H and O–H groups in total. The number of rotatable bonds is 7. The highest BCUT2D eigenvalue weighted by atomic mass is 35.5. The van der Waals surface area contributed by atoms with Gasteiger partial charge in [0.15, 0.2) is 12.4 Å². The lowest BCUT2D eigenvalue weighted by atomic mass is 10.2. The van der Waals surface area contributed by atoms with Crippen LogP contribution in [0.2, 0.25) is 5.02 Å². The summed E-state index contributed by atoms with van der Waals surface area (Å²) >= 11 is 5.99. The molecule has 0 aliphatic heterocycles. The second-order valence-electron chi connectivity index (χ2n) is 4.64. The van der Waals surface area contributed by atoms with E-state index in [1.165, 1.54) is 6.07 Å². The third-order valence-electron chi connectivity index (χ3n) is 3.00. The maximum Gasteiger partial charge on any atom is 0.264 e. The molecule has 1 heterocycles. The Hall–Kier alpha value is -2.11. The molecule has 0 amide bonds. The average molecular weight is 356 g/mol. The third kappa shape index (κ3) is 4.94. The number of nitriles is 1. The SMILES string of the molecule is CCS(=O)(=O)CCc1noc(COc2ccc(C#N)cc2Cl)n1. The van der Waals surface area contributed by atoms with Gasteiger partial charge in [0.05, 0.1) is 22.4 Å². The van der Waals surface area contributed by atoms with Gasteiger partial charge in [-0.1, -0.05) is 23.7 Å². The Morgan fingerprint density at radius 3 is 2.87 bits per heavy atom. The van der Waals surface area contributed by atoms with E-state index in [4.69, 9.17) is 26.1 Å². The van der Waals surface area contributed by atoms with Crippen LogP contribution < -0.4 is 4.74 Å². The first-order valence-electron chi connectivity index (χ1n) is 6.78. The molecule has 1 aromatic carbocycles. The number of hydrogen-bond acceptors (Lipinski definition) is 7. The summed E-state index contributed by atoms with van der Waals surface area (Å²) in [4.78, 5) is 4.06. The highest BCUT2D eigenvalue weighted by Gasteiger charge is 2.13. The van der Waals surface area contributed by atoms with Crippen molar-refractivity contribution in [2.24, 2.45) is 0 Å². The number of hydrogen-bond donors (Lipinski definition) is 0. The standard InChI is InChI=1S/C14H14ClN3O4S/c1-2-23(19,20)6-5-13-17-14(22-18-13)9-21-12-4-3-10(8-16)7-11(12)15/h3-4,7H,2,5-6,9H2,1H3. The highest BCUT2D eigenvalue weighted by molar-refractivity contribution is 7.91. The number of benzene rings is 1. The molecule has 1 aromatic heterocycles. The molecule has 2 rings (SSSR count). The van der Waals surface area contributed by atoms with Crippen LogP contribution in [0.5, 0.6) is 5.75 Å². The maximum absolute atomic E-state index is 11.4. The van der Waals surface area contributed by atoms with Gasteiger partial charge in [-0.2, -0.15) is 10.2 Å². The van der Waals surface area contributed by atoms with E-state index in [0.29, 0.717) is 22.2 Å². The number of sulfone groups is 1. The first kappa shape index (κ1) is 17.2. The number of nitrogens with zero attached hydrogens (tertiary/aromatic N) is 3. The minimum Gasteiger partial charge on any atom is -0.482 e. The van der Waals surface area contributed by atoms with Crippen LogP contribution in [0.1, 0.15) is 24.2 Å². The predicted molar refractivity (Wildman–Crippen MR) is 82.8 cm³/mol. The molecule has 0 bridgehead atoms. The monoisotopic (exact) mass is 355 g/mol. The minimum atomic E-state index is -3.07. The Bertz CT molecular complexity index is 827. The zero-order chi connectivity index (χ0) is 16.9. The van der Waals surface area contributed by atoms with Crippen molar-refractivity contribution in [3.8, 4) is 11.8 Å². The Morgan fingerprint density at radius 2 is 2.22 bits per heavy atom. The van der Waals surface area contributed by atoms with Gasteiger partial charge < -0.3 is 9.26 Å². The second-order valence-corrected chi connectivity index (χ2v) is 7.52. The van der Waals surface area contributed by atoms with E-state index in [1.54, 1.807) is 19.1 Å². The number of halogens is 1. The van der Waals surface area contributed by atoms with E-state index in [9.17, 15) is 8.42 Å². The van der Waals surface area contributed by atoms with Crippen LogP contribution in [0.25, 0.3) is 0 Å². The summed E-state index contributed by atoms with van der Waals surface area (Å²) in [5.41, 5.74) is 0.430. The molecule has 2 aromatic rings. The van der Waals surface area contributed by atoms with Crippen LogP contribution in [-0.4, -0.2) is 30.1 Å². The fourth-order valence-corrected chi connectivity index (χ4v) is 2.69. The fraction of sp³-hybridized carbons (Fsp3) is 0.357. The average Bonchev–Trinajstić information content (AvgIpc) is 3.00. The van der Waals surface area contributed by atoms with E-state index < -0.39 is 9.84 Å². The molecular formula is C14H14ClN3O4S. The molecule has 0 atom stereocenters. The lowest BCUT2D eigenvalue weighted by Gasteiger charge is -2.05. The van der Waals surface area contributed by atoms with Crippen molar-refractivity contribution in [3.63, 3.8) is 0 Å². The summed E-state index contributed by atoms with van der Waals surface area (Å²) in [5, 5.41) is 12.8. The molecule has 7 nitrogen and oxygen atoms in total. The molecule has 0 fully saturated rings. The van der Waals surface area contributed by atoms with Gasteiger partial charge in [-0.05, 0) is 18.2 Å². The van der Waals surface area contributed by atoms with Crippen LogP contribution in [0.3, 0.4) is 0 Å². The van der Waals surface area contributed by atoms with E-state index >= 15 is 0 Å². The third-order valence-corrected chi connectivity index (χ3v) is 5.00. The summed E-state index contributed by atoms with van der Waals surface area (Å²) in [6.07, 6.45) is 0.192. The van der Waals surface area contributed by atoms with Crippen LogP contribution in [0, 0.1) is 11.3 Å². The molecule has 23 heavy (non-hydrogen) atoms. The van der Waals surface area contributed by atoms with E-state index in [2.05, 4.69) is 10.1 Å². The quantitative estimate of drug-likeness (QED) is 0.748. The molecule has 0 saturated carbocycles. The Balaban J connectivity index is 1.94. The van der Waals surface area contributed by atoms with E-state index in [1.807, 2.05) is 6.07 Å². The number of aromatic nitrogens is 2. The van der Waals surface area contributed by atoms with Crippen molar-refractivity contribution in [2.45, 2.75) is 20.0 Å². The molecule has 0 spiro atoms. The molecule has 0 aliphatic carbocycles. The molecular weight excluding hydrogens is 342 g/mol. The molecule has 0 unspecified atom stereocenters. The Labute approximate surface area is 138 Å². The summed E-state index contributed by atoms with van der Waals surface area (Å²) in [6.45, 7) is 1.59. The summed E-state index contributed by atoms with van der Waals surface area (Å²) in [6, 6.07) is 6.62. The molecule has 0 aliphatic rings. The molecule has 0 radical (unpaired) electrons. The van der Waals surface area contributed by atoms with Crippen molar-refractivity contribution in [2.75, 3.05) is 11.5 Å². The summed E-state index contributed by atoms with van der Waals surface area (Å²) in [7, 11) is -3.07. The smallest absolute Gasteiger partial charge is 0.264 e. The van der Waals surface area contributed by atoms with Gasteiger partial charge in [0.1, 0.15) is 15.6 Å². The van der Waals surface area contributed by atoms with Crippen LogP contribution in [-0.2, 0) is 22.9 Å². The highest BCUT2D eigenvalue weighted by Crippen LogP contribution is 2.25. The minimum absolute atomic E-state index is 0.000845. The van der Waals surface area contributed by atoms with Gasteiger partial charge in [-0.3, -0.25) is 0 Å². The van der Waals surface area contributed by atoms with E-state index in [0.717, 1.165) is 0 Å². The lowest BCUT2D eigenvalue weighted by Crippen LogP contribution is -2.11. The van der Waals surface area contributed by atoms with Crippen molar-refractivity contribution in [1.29, 1.82) is 5.26 Å². The summed E-state index contributed by atoms with van der Waals surface area (Å²) < 4.78 is 33.3. The van der Waals surface area contributed by atoms with Crippen LogP contribution >= 0.6 is 11.6 Å². The van der Waals surface area contributed by atoms with Gasteiger partial charge in [0.2, 0.25) is 0 Å². The first-order valence-corrected chi connectivity index (χ1v) is 8.98. The summed E-state index contributed by atoms with van der Waals surface area (Å²) in [5.74, 6) is 0.975. The fourth-order valence-electron chi connectivity index (χ4n) is 1.67. The number of ether oxygens (including phenoxy) is 1. The Morgan fingerprint density at radius 1 is 1.43 bits per heavy atom. The number of aryl methyl sites for hydroxylation is 1. The van der Waals surface area contributed by atoms with Crippen LogP contribution in [0.15, 0.2) is 22.7 Å². The predicted octanol–water partition coefficient (Wildman–Crippen LogP) is 2.15. The van der Waals surface area contributed by atoms with Crippen molar-refractivity contribution in [1.82, 2.24) is 10.1 Å². The molecule has 9 heteroatoms. The first-order chi connectivity index (χ1) is 10.9. The zero-order valence-electron chi connectivity index (χ0n) is 12.3. The van der Waals surface area contributed by atoms with Gasteiger partial charge >= 0.3 is 0 Å². The van der Waals surface area contributed by atoms with Crippen molar-refractivity contribution >= 4 is 21.4 Å².